The molecule has 2 atom stereocenters. The minimum atomic E-state index is -0.538. The summed E-state index contributed by atoms with van der Waals surface area (Å²) in [4.78, 5) is 12.4. The predicted molar refractivity (Wildman–Crippen MR) is 137 cm³/mol. The highest BCUT2D eigenvalue weighted by Gasteiger charge is 2.37. The number of hydrogen-bond acceptors (Lipinski definition) is 9. The van der Waals surface area contributed by atoms with Gasteiger partial charge in [-0.2, -0.15) is 5.10 Å². The molecule has 0 radical (unpaired) electrons. The van der Waals surface area contributed by atoms with Crippen LogP contribution in [0.3, 0.4) is 0 Å². The molecule has 3 aromatic rings. The van der Waals surface area contributed by atoms with Crippen LogP contribution in [0.15, 0.2) is 22.9 Å². The van der Waals surface area contributed by atoms with Crippen molar-refractivity contribution in [2.45, 2.75) is 76.9 Å². The van der Waals surface area contributed by atoms with Crippen LogP contribution < -0.4 is 22.1 Å². The van der Waals surface area contributed by atoms with Gasteiger partial charge in [0.05, 0.1) is 28.5 Å². The highest BCUT2D eigenvalue weighted by Crippen LogP contribution is 2.37. The molecule has 6 N–H and O–H groups in total. The molecule has 4 heterocycles. The molecule has 1 unspecified atom stereocenters. The third kappa shape index (κ3) is 4.90. The van der Waals surface area contributed by atoms with Crippen molar-refractivity contribution in [3.05, 3.63) is 24.0 Å². The third-order valence-corrected chi connectivity index (χ3v) is 7.80. The number of rotatable bonds is 6. The summed E-state index contributed by atoms with van der Waals surface area (Å²) >= 11 is 0. The number of fused-ring (bicyclic) bond motifs is 1. The number of amides is 1. The van der Waals surface area contributed by atoms with Gasteiger partial charge in [0.2, 0.25) is 0 Å². The standard InChI is InChI=1S/C25H36N8O3/c1-25(2)19(26)6-4-3-5-7-20(25)30-21-17(22(27)34)13-28-33-14-15(12-18(21)33)23-31-32-24(36-23)29-16-8-10-35-11-9-16/h12-14,16,19-20,30H,3-11,26H2,1-2H3,(H2,27,34)(H,29,32)/t19?,20-/m1/s1. The molecule has 5 rings (SSSR count). The summed E-state index contributed by atoms with van der Waals surface area (Å²) in [5.41, 5.74) is 14.6. The first kappa shape index (κ1) is 24.5. The summed E-state index contributed by atoms with van der Waals surface area (Å²) in [6, 6.07) is 2.63. The molecule has 1 aliphatic heterocycles. The number of anilines is 2. The van der Waals surface area contributed by atoms with E-state index in [1.54, 1.807) is 4.52 Å². The summed E-state index contributed by atoms with van der Waals surface area (Å²) in [5, 5.41) is 19.8. The van der Waals surface area contributed by atoms with Gasteiger partial charge in [0, 0.05) is 37.5 Å². The molecule has 2 fully saturated rings. The van der Waals surface area contributed by atoms with Gasteiger partial charge < -0.3 is 31.3 Å². The van der Waals surface area contributed by atoms with Crippen LogP contribution in [-0.2, 0) is 4.74 Å². The molecule has 11 heteroatoms. The lowest BCUT2D eigenvalue weighted by molar-refractivity contribution is 0.0899. The molecule has 2 aliphatic rings. The molecule has 0 bridgehead atoms. The molecule has 0 spiro atoms. The number of carbonyl (C=O) groups excluding carboxylic acids is 1. The van der Waals surface area contributed by atoms with Gasteiger partial charge in [-0.25, -0.2) is 4.52 Å². The van der Waals surface area contributed by atoms with Crippen LogP contribution in [0.2, 0.25) is 0 Å². The van der Waals surface area contributed by atoms with Crippen molar-refractivity contribution in [2.24, 2.45) is 16.9 Å². The van der Waals surface area contributed by atoms with E-state index in [-0.39, 0.29) is 23.5 Å². The van der Waals surface area contributed by atoms with Crippen molar-refractivity contribution in [1.29, 1.82) is 0 Å². The zero-order valence-electron chi connectivity index (χ0n) is 21.0. The zero-order valence-corrected chi connectivity index (χ0v) is 21.0. The molecule has 0 aromatic carbocycles. The van der Waals surface area contributed by atoms with E-state index in [1.165, 1.54) is 6.20 Å². The Labute approximate surface area is 210 Å². The van der Waals surface area contributed by atoms with Crippen LogP contribution >= 0.6 is 0 Å². The number of nitrogens with two attached hydrogens (primary N) is 2. The number of nitrogens with zero attached hydrogens (tertiary/aromatic N) is 4. The van der Waals surface area contributed by atoms with Crippen molar-refractivity contribution in [2.75, 3.05) is 23.8 Å². The second kappa shape index (κ2) is 10.1. The Hall–Kier alpha value is -3.18. The normalized spacial score (nSPS) is 23.2. The van der Waals surface area contributed by atoms with Gasteiger partial charge >= 0.3 is 6.01 Å². The average Bonchev–Trinajstić information content (AvgIpc) is 3.50. The van der Waals surface area contributed by atoms with Gasteiger partial charge in [0.15, 0.2) is 0 Å². The van der Waals surface area contributed by atoms with Gasteiger partial charge in [0.25, 0.3) is 11.8 Å². The Kier molecular flexibility index (Phi) is 6.85. The smallest absolute Gasteiger partial charge is 0.315 e. The van der Waals surface area contributed by atoms with E-state index in [1.807, 2.05) is 12.3 Å². The Balaban J connectivity index is 1.47. The summed E-state index contributed by atoms with van der Waals surface area (Å²) in [7, 11) is 0. The highest BCUT2D eigenvalue weighted by molar-refractivity contribution is 6.02. The fraction of sp³-hybridized carbons (Fsp3) is 0.600. The first-order valence-corrected chi connectivity index (χ1v) is 12.8. The summed E-state index contributed by atoms with van der Waals surface area (Å²) in [6.07, 6.45) is 10.4. The monoisotopic (exact) mass is 496 g/mol. The largest absolute Gasteiger partial charge is 0.403 e. The molecule has 1 saturated carbocycles. The molecule has 1 aliphatic carbocycles. The van der Waals surface area contributed by atoms with Gasteiger partial charge in [0.1, 0.15) is 0 Å². The van der Waals surface area contributed by atoms with Crippen molar-refractivity contribution >= 4 is 23.1 Å². The Morgan fingerprint density at radius 3 is 2.67 bits per heavy atom. The van der Waals surface area contributed by atoms with E-state index in [0.29, 0.717) is 34.2 Å². The number of ether oxygens (including phenoxy) is 1. The summed E-state index contributed by atoms with van der Waals surface area (Å²) in [5.74, 6) is -0.168. The zero-order chi connectivity index (χ0) is 25.3. The first-order valence-electron chi connectivity index (χ1n) is 12.8. The van der Waals surface area contributed by atoms with Gasteiger partial charge in [-0.1, -0.05) is 38.2 Å². The Morgan fingerprint density at radius 2 is 1.89 bits per heavy atom. The maximum Gasteiger partial charge on any atom is 0.315 e. The Bertz CT molecular complexity index is 1210. The third-order valence-electron chi connectivity index (χ3n) is 7.80. The molecule has 1 saturated heterocycles. The fourth-order valence-corrected chi connectivity index (χ4v) is 5.25. The fourth-order valence-electron chi connectivity index (χ4n) is 5.25. The molecule has 3 aromatic heterocycles. The van der Waals surface area contributed by atoms with E-state index < -0.39 is 5.91 Å². The average molecular weight is 497 g/mol. The van der Waals surface area contributed by atoms with Crippen LogP contribution in [-0.4, -0.2) is 57.1 Å². The van der Waals surface area contributed by atoms with Crippen LogP contribution in [0.25, 0.3) is 17.0 Å². The van der Waals surface area contributed by atoms with Crippen LogP contribution in [0, 0.1) is 5.41 Å². The van der Waals surface area contributed by atoms with Crippen molar-refractivity contribution in [3.8, 4) is 11.5 Å². The number of carbonyl (C=O) groups is 1. The van der Waals surface area contributed by atoms with Crippen molar-refractivity contribution < 1.29 is 13.9 Å². The lowest BCUT2D eigenvalue weighted by atomic mass is 9.72. The quantitative estimate of drug-likeness (QED) is 0.402. The molecule has 1 amide bonds. The van der Waals surface area contributed by atoms with Gasteiger partial charge in [-0.05, 0) is 37.2 Å². The predicted octanol–water partition coefficient (Wildman–Crippen LogP) is 3.17. The maximum atomic E-state index is 12.4. The molecular formula is C25H36N8O3. The summed E-state index contributed by atoms with van der Waals surface area (Å²) in [6.45, 7) is 5.82. The van der Waals surface area contributed by atoms with Crippen LogP contribution in [0.4, 0.5) is 11.7 Å². The van der Waals surface area contributed by atoms with Gasteiger partial charge in [-0.15, -0.1) is 5.10 Å². The minimum Gasteiger partial charge on any atom is -0.403 e. The lowest BCUT2D eigenvalue weighted by Crippen LogP contribution is -2.49. The number of hydrogen-bond donors (Lipinski definition) is 4. The van der Waals surface area contributed by atoms with Crippen LogP contribution in [0.5, 0.6) is 0 Å². The SMILES string of the molecule is CC1(C)C(N)CCCCC[C@H]1Nc1c(C(N)=O)cnn2cc(-c3nnc(NC4CCOCC4)o3)cc12. The number of primary amides is 1. The summed E-state index contributed by atoms with van der Waals surface area (Å²) < 4.78 is 13.0. The van der Waals surface area contributed by atoms with Gasteiger partial charge in [-0.3, -0.25) is 4.79 Å². The highest BCUT2D eigenvalue weighted by atomic mass is 16.5. The van der Waals surface area contributed by atoms with E-state index >= 15 is 0 Å². The van der Waals surface area contributed by atoms with E-state index in [2.05, 4.69) is 39.8 Å². The van der Waals surface area contributed by atoms with Crippen molar-refractivity contribution in [3.63, 3.8) is 0 Å². The lowest BCUT2D eigenvalue weighted by Gasteiger charge is -2.42. The van der Waals surface area contributed by atoms with E-state index in [4.69, 9.17) is 20.6 Å². The minimum absolute atomic E-state index is 0.0487. The van der Waals surface area contributed by atoms with Crippen molar-refractivity contribution in [1.82, 2.24) is 19.8 Å². The second-order valence-electron chi connectivity index (χ2n) is 10.6. The van der Waals surface area contributed by atoms with E-state index in [9.17, 15) is 4.79 Å². The second-order valence-corrected chi connectivity index (χ2v) is 10.6. The molecule has 36 heavy (non-hydrogen) atoms. The Morgan fingerprint density at radius 1 is 1.11 bits per heavy atom. The molecular weight excluding hydrogens is 460 g/mol. The molecule has 11 nitrogen and oxygen atoms in total. The number of aromatic nitrogens is 4. The first-order chi connectivity index (χ1) is 17.3. The number of nitrogens with one attached hydrogen (secondary N) is 2. The topological polar surface area (TPSA) is 159 Å². The van der Waals surface area contributed by atoms with Crippen LogP contribution in [0.1, 0.15) is 69.2 Å². The molecule has 194 valence electrons. The van der Waals surface area contributed by atoms with E-state index in [0.717, 1.165) is 58.2 Å². The maximum absolute atomic E-state index is 12.4.